The van der Waals surface area contributed by atoms with Gasteiger partial charge in [-0.1, -0.05) is 0 Å². The van der Waals surface area contributed by atoms with Crippen LogP contribution in [-0.2, 0) is 11.0 Å². The van der Waals surface area contributed by atoms with Crippen molar-refractivity contribution in [3.63, 3.8) is 0 Å². The molecule has 0 aliphatic carbocycles. The first-order valence-electron chi connectivity index (χ1n) is 7.58. The Labute approximate surface area is 150 Å². The highest BCUT2D eigenvalue weighted by Gasteiger charge is 2.38. The fraction of sp³-hybridized carbons (Fsp3) is 0.562. The summed E-state index contributed by atoms with van der Waals surface area (Å²) in [5, 5.41) is 0. The lowest BCUT2D eigenvalue weighted by atomic mass is 10.1. The molecule has 10 heteroatoms. The van der Waals surface area contributed by atoms with E-state index in [1.165, 1.54) is 32.9 Å². The van der Waals surface area contributed by atoms with Crippen LogP contribution in [0.15, 0.2) is 28.7 Å². The second kappa shape index (κ2) is 8.41. The zero-order valence-corrected chi connectivity index (χ0v) is 15.2. The molecule has 0 fully saturated rings. The molecular weight excluding hydrogens is 384 g/mol. The van der Waals surface area contributed by atoms with Crippen molar-refractivity contribution in [1.82, 2.24) is 0 Å². The maximum absolute atomic E-state index is 13.2. The van der Waals surface area contributed by atoms with E-state index in [1.807, 2.05) is 0 Å². The molecule has 148 valence electrons. The van der Waals surface area contributed by atoms with E-state index in [4.69, 9.17) is 4.74 Å². The predicted molar refractivity (Wildman–Crippen MR) is 87.7 cm³/mol. The van der Waals surface area contributed by atoms with E-state index < -0.39 is 40.2 Å². The Kier molecular flexibility index (Phi) is 7.26. The van der Waals surface area contributed by atoms with Gasteiger partial charge in [0.1, 0.15) is 16.7 Å². The molecule has 0 radical (unpaired) electrons. The average molecular weight is 403 g/mol. The summed E-state index contributed by atoms with van der Waals surface area (Å²) in [7, 11) is -2.10. The third kappa shape index (κ3) is 7.76. The zero-order chi connectivity index (χ0) is 20.2. The van der Waals surface area contributed by atoms with Gasteiger partial charge in [0.2, 0.25) is 0 Å². The van der Waals surface area contributed by atoms with Gasteiger partial charge in [-0.2, -0.15) is 30.7 Å². The molecule has 0 N–H and O–H groups in total. The summed E-state index contributed by atoms with van der Waals surface area (Å²) in [5.41, 5.74) is -1.59. The largest absolute Gasteiger partial charge is 0.494 e. The number of alkyl halides is 6. The molecule has 0 amide bonds. The minimum absolute atomic E-state index is 0.134. The van der Waals surface area contributed by atoms with E-state index in [2.05, 4.69) is 4.40 Å². The number of rotatable bonds is 6. The van der Waals surface area contributed by atoms with Gasteiger partial charge in [0.15, 0.2) is 5.71 Å². The van der Waals surface area contributed by atoms with Crippen molar-refractivity contribution >= 4 is 16.7 Å². The van der Waals surface area contributed by atoms with Gasteiger partial charge in [-0.15, -0.1) is 0 Å². The molecule has 26 heavy (non-hydrogen) atoms. The summed E-state index contributed by atoms with van der Waals surface area (Å²) in [6.07, 6.45) is -10.4. The fourth-order valence-electron chi connectivity index (χ4n) is 1.66. The van der Waals surface area contributed by atoms with Crippen LogP contribution in [0.25, 0.3) is 0 Å². The summed E-state index contributed by atoms with van der Waals surface area (Å²) in [5.74, 6) is 0.134. The summed E-state index contributed by atoms with van der Waals surface area (Å²) >= 11 is 0. The van der Waals surface area contributed by atoms with Gasteiger partial charge in [-0.3, -0.25) is 0 Å². The SMILES string of the molecule is CC(C)(C)[S@](=O)/N=C(/c1ccc(OCCCC(F)(F)F)cc1)C(F)(F)F. The van der Waals surface area contributed by atoms with Crippen molar-refractivity contribution in [3.8, 4) is 5.75 Å². The molecule has 0 spiro atoms. The molecule has 0 unspecified atom stereocenters. The Morgan fingerprint density at radius 2 is 1.58 bits per heavy atom. The van der Waals surface area contributed by atoms with Crippen LogP contribution < -0.4 is 4.74 Å². The molecule has 0 aromatic heterocycles. The molecule has 0 aliphatic rings. The first kappa shape index (κ1) is 22.5. The van der Waals surface area contributed by atoms with E-state index >= 15 is 0 Å². The van der Waals surface area contributed by atoms with Crippen molar-refractivity contribution in [2.24, 2.45) is 4.40 Å². The minimum Gasteiger partial charge on any atom is -0.494 e. The smallest absolute Gasteiger partial charge is 0.434 e. The lowest BCUT2D eigenvalue weighted by molar-refractivity contribution is -0.136. The molecular formula is C16H19F6NO2S. The van der Waals surface area contributed by atoms with Crippen molar-refractivity contribution in [2.75, 3.05) is 6.61 Å². The summed E-state index contributed by atoms with van der Waals surface area (Å²) in [4.78, 5) is 0. The number of benzene rings is 1. The van der Waals surface area contributed by atoms with Gasteiger partial charge in [-0.25, -0.2) is 4.21 Å². The molecule has 0 heterocycles. The third-order valence-electron chi connectivity index (χ3n) is 2.97. The van der Waals surface area contributed by atoms with Crippen LogP contribution in [0.2, 0.25) is 0 Å². The molecule has 1 aromatic rings. The van der Waals surface area contributed by atoms with E-state index in [0.717, 1.165) is 12.1 Å². The van der Waals surface area contributed by atoms with Crippen molar-refractivity contribution in [1.29, 1.82) is 0 Å². The molecule has 0 aliphatic heterocycles. The monoisotopic (exact) mass is 403 g/mol. The zero-order valence-electron chi connectivity index (χ0n) is 14.4. The first-order chi connectivity index (χ1) is 11.7. The molecule has 0 bridgehead atoms. The number of nitrogens with zero attached hydrogens (tertiary/aromatic N) is 1. The topological polar surface area (TPSA) is 38.7 Å². The number of hydrogen-bond donors (Lipinski definition) is 0. The van der Waals surface area contributed by atoms with Crippen LogP contribution >= 0.6 is 0 Å². The van der Waals surface area contributed by atoms with E-state index in [1.54, 1.807) is 0 Å². The fourth-order valence-corrected chi connectivity index (χ4v) is 2.31. The third-order valence-corrected chi connectivity index (χ3v) is 4.36. The lowest BCUT2D eigenvalue weighted by Crippen LogP contribution is -2.28. The molecule has 0 saturated heterocycles. The summed E-state index contributed by atoms with van der Waals surface area (Å²) < 4.78 is 95.1. The normalized spacial score (nSPS) is 15.0. The predicted octanol–water partition coefficient (Wildman–Crippen LogP) is 5.22. The Hall–Kier alpha value is -1.58. The Bertz CT molecular complexity index is 645. The van der Waals surface area contributed by atoms with Gasteiger partial charge in [0, 0.05) is 12.0 Å². The molecule has 1 atom stereocenters. The standard InChI is InChI=1S/C16H19F6NO2S/c1-14(2,3)26(24)23-13(16(20,21)22)11-5-7-12(8-6-11)25-10-4-9-15(17,18)19/h5-8H,4,9-10H2,1-3H3/b23-13-/t26-/m0/s1. The van der Waals surface area contributed by atoms with E-state index in [9.17, 15) is 30.6 Å². The van der Waals surface area contributed by atoms with Crippen LogP contribution in [0, 0.1) is 0 Å². The van der Waals surface area contributed by atoms with Crippen molar-refractivity contribution in [3.05, 3.63) is 29.8 Å². The maximum Gasteiger partial charge on any atom is 0.434 e. The number of halogens is 6. The highest BCUT2D eigenvalue weighted by Crippen LogP contribution is 2.27. The minimum atomic E-state index is -4.81. The number of ether oxygens (including phenoxy) is 1. The highest BCUT2D eigenvalue weighted by molar-refractivity contribution is 7.85. The van der Waals surface area contributed by atoms with Crippen LogP contribution in [0.5, 0.6) is 5.75 Å². The van der Waals surface area contributed by atoms with Gasteiger partial charge in [0.05, 0.1) is 11.4 Å². The second-order valence-corrected chi connectivity index (χ2v) is 8.30. The van der Waals surface area contributed by atoms with Gasteiger partial charge >= 0.3 is 12.4 Å². The van der Waals surface area contributed by atoms with Crippen LogP contribution in [0.1, 0.15) is 39.2 Å². The van der Waals surface area contributed by atoms with Crippen LogP contribution in [0.3, 0.4) is 0 Å². The Morgan fingerprint density at radius 3 is 2.00 bits per heavy atom. The van der Waals surface area contributed by atoms with Gasteiger partial charge < -0.3 is 4.74 Å². The van der Waals surface area contributed by atoms with Crippen LogP contribution in [-0.4, -0.2) is 33.6 Å². The molecule has 3 nitrogen and oxygen atoms in total. The summed E-state index contributed by atoms with van der Waals surface area (Å²) in [6, 6.07) is 4.55. The molecule has 0 saturated carbocycles. The Morgan fingerprint density at radius 1 is 1.04 bits per heavy atom. The van der Waals surface area contributed by atoms with Gasteiger partial charge in [-0.05, 0) is 51.5 Å². The Balaban J connectivity index is 2.89. The van der Waals surface area contributed by atoms with Crippen molar-refractivity contribution in [2.45, 2.75) is 50.7 Å². The lowest BCUT2D eigenvalue weighted by Gasteiger charge is -2.17. The van der Waals surface area contributed by atoms with Gasteiger partial charge in [0.25, 0.3) is 0 Å². The second-order valence-electron chi connectivity index (χ2n) is 6.39. The average Bonchev–Trinajstić information content (AvgIpc) is 2.46. The number of hydrogen-bond acceptors (Lipinski definition) is 2. The highest BCUT2D eigenvalue weighted by atomic mass is 32.2. The molecule has 1 rings (SSSR count). The van der Waals surface area contributed by atoms with Crippen molar-refractivity contribution < 1.29 is 35.3 Å². The molecule has 1 aromatic carbocycles. The van der Waals surface area contributed by atoms with Crippen LogP contribution in [0.4, 0.5) is 26.3 Å². The maximum atomic E-state index is 13.2. The first-order valence-corrected chi connectivity index (χ1v) is 8.69. The van der Waals surface area contributed by atoms with E-state index in [0.29, 0.717) is 0 Å². The quantitative estimate of drug-likeness (QED) is 0.371. The van der Waals surface area contributed by atoms with E-state index in [-0.39, 0.29) is 24.3 Å². The summed E-state index contributed by atoms with van der Waals surface area (Å²) in [6.45, 7) is 4.28.